The molecule has 0 saturated carbocycles. The monoisotopic (exact) mass is 276 g/mol. The van der Waals surface area contributed by atoms with Gasteiger partial charge in [-0.25, -0.2) is 0 Å². The molecule has 0 radical (unpaired) electrons. The minimum Gasteiger partial charge on any atom is -0.486 e. The number of ether oxygens (including phenoxy) is 1. The predicted molar refractivity (Wildman–Crippen MR) is 79.8 cm³/mol. The number of aromatic nitrogens is 1. The molecule has 2 rings (SSSR count). The number of pyridine rings is 1. The van der Waals surface area contributed by atoms with Crippen molar-refractivity contribution in [2.45, 2.75) is 33.4 Å². The zero-order chi connectivity index (χ0) is 13.7. The van der Waals surface area contributed by atoms with E-state index in [1.54, 1.807) is 0 Å². The van der Waals surface area contributed by atoms with E-state index in [-0.39, 0.29) is 0 Å². The minimum absolute atomic E-state index is 0.617. The zero-order valence-corrected chi connectivity index (χ0v) is 12.5. The molecule has 0 spiro atoms. The third kappa shape index (κ3) is 3.78. The van der Waals surface area contributed by atoms with Crippen LogP contribution in [0.1, 0.15) is 28.1 Å². The lowest BCUT2D eigenvalue weighted by Gasteiger charge is -2.10. The van der Waals surface area contributed by atoms with Gasteiger partial charge >= 0.3 is 0 Å². The van der Waals surface area contributed by atoms with Crippen molar-refractivity contribution in [2.75, 3.05) is 7.05 Å². The Bertz CT molecular complexity index is 537. The van der Waals surface area contributed by atoms with Gasteiger partial charge in [-0.05, 0) is 44.7 Å². The van der Waals surface area contributed by atoms with Crippen molar-refractivity contribution < 1.29 is 4.74 Å². The lowest BCUT2D eigenvalue weighted by Crippen LogP contribution is -2.10. The molecule has 1 N–H and O–H groups in total. The topological polar surface area (TPSA) is 34.1 Å². The molecule has 0 saturated heterocycles. The average Bonchev–Trinajstić information content (AvgIpc) is 2.86. The van der Waals surface area contributed by atoms with E-state index in [1.807, 2.05) is 37.4 Å². The van der Waals surface area contributed by atoms with Crippen molar-refractivity contribution in [1.82, 2.24) is 10.3 Å². The number of hydrogen-bond acceptors (Lipinski definition) is 4. The number of nitrogens with one attached hydrogen (secondary N) is 1. The molecule has 0 bridgehead atoms. The van der Waals surface area contributed by atoms with Crippen LogP contribution in [0, 0.1) is 6.92 Å². The largest absolute Gasteiger partial charge is 0.486 e. The molecule has 3 nitrogen and oxygen atoms in total. The maximum Gasteiger partial charge on any atom is 0.142 e. The number of thiophene rings is 1. The predicted octanol–water partition coefficient (Wildman–Crippen LogP) is 3.31. The van der Waals surface area contributed by atoms with Crippen LogP contribution >= 0.6 is 11.3 Å². The highest BCUT2D eigenvalue weighted by Crippen LogP contribution is 2.22. The second kappa shape index (κ2) is 6.68. The van der Waals surface area contributed by atoms with Gasteiger partial charge in [0, 0.05) is 22.0 Å². The number of nitrogens with zero attached hydrogens (tertiary/aromatic N) is 1. The van der Waals surface area contributed by atoms with Crippen molar-refractivity contribution in [3.05, 3.63) is 45.4 Å². The zero-order valence-electron chi connectivity index (χ0n) is 11.7. The molecular weight excluding hydrogens is 256 g/mol. The Labute approximate surface area is 118 Å². The van der Waals surface area contributed by atoms with Gasteiger partial charge in [0.2, 0.25) is 0 Å². The Balaban J connectivity index is 2.05. The van der Waals surface area contributed by atoms with Crippen molar-refractivity contribution >= 4 is 11.3 Å². The third-order valence-corrected chi connectivity index (χ3v) is 4.05. The second-order valence-corrected chi connectivity index (χ2v) is 5.69. The van der Waals surface area contributed by atoms with Crippen molar-refractivity contribution in [1.29, 1.82) is 0 Å². The van der Waals surface area contributed by atoms with Crippen LogP contribution in [-0.2, 0) is 19.6 Å². The molecule has 2 heterocycles. The van der Waals surface area contributed by atoms with Crippen LogP contribution < -0.4 is 10.1 Å². The fraction of sp³-hybridized carbons (Fsp3) is 0.400. The van der Waals surface area contributed by atoms with Crippen LogP contribution in [0.25, 0.3) is 0 Å². The fourth-order valence-corrected chi connectivity index (χ4v) is 2.73. The smallest absolute Gasteiger partial charge is 0.142 e. The van der Waals surface area contributed by atoms with Gasteiger partial charge in [-0.3, -0.25) is 4.98 Å². The molecule has 0 amide bonds. The molecule has 0 aliphatic heterocycles. The summed E-state index contributed by atoms with van der Waals surface area (Å²) in [5.41, 5.74) is 1.98. The summed E-state index contributed by atoms with van der Waals surface area (Å²) in [6.07, 6.45) is 1.09. The normalized spacial score (nSPS) is 10.7. The molecule has 102 valence electrons. The summed E-state index contributed by atoms with van der Waals surface area (Å²) in [5, 5.41) is 3.12. The van der Waals surface area contributed by atoms with Gasteiger partial charge in [0.15, 0.2) is 0 Å². The van der Waals surface area contributed by atoms with E-state index in [0.717, 1.165) is 30.1 Å². The molecule has 2 aromatic heterocycles. The molecule has 0 aromatic carbocycles. The molecule has 0 atom stereocenters. The van der Waals surface area contributed by atoms with E-state index in [9.17, 15) is 0 Å². The Morgan fingerprint density at radius 2 is 2.00 bits per heavy atom. The van der Waals surface area contributed by atoms with E-state index >= 15 is 0 Å². The maximum absolute atomic E-state index is 5.90. The standard InChI is InChI=1S/C15H20N2OS/c1-4-12-6-7-13(19-12)10-18-15-8-5-11(2)17-14(15)9-16-3/h5-8,16H,4,9-10H2,1-3H3. The number of aryl methyl sites for hydroxylation is 2. The highest BCUT2D eigenvalue weighted by molar-refractivity contribution is 7.11. The van der Waals surface area contributed by atoms with E-state index in [1.165, 1.54) is 9.75 Å². The second-order valence-electron chi connectivity index (χ2n) is 4.44. The Kier molecular flexibility index (Phi) is 4.93. The highest BCUT2D eigenvalue weighted by atomic mass is 32.1. The first kappa shape index (κ1) is 14.0. The van der Waals surface area contributed by atoms with Crippen LogP contribution in [0.4, 0.5) is 0 Å². The molecular formula is C15H20N2OS. The van der Waals surface area contributed by atoms with E-state index < -0.39 is 0 Å². The van der Waals surface area contributed by atoms with Gasteiger partial charge in [0.25, 0.3) is 0 Å². The first-order valence-corrected chi connectivity index (χ1v) is 7.36. The maximum atomic E-state index is 5.90. The summed E-state index contributed by atoms with van der Waals surface area (Å²) < 4.78 is 5.90. The summed E-state index contributed by atoms with van der Waals surface area (Å²) in [6.45, 7) is 5.51. The summed E-state index contributed by atoms with van der Waals surface area (Å²) >= 11 is 1.81. The van der Waals surface area contributed by atoms with Crippen LogP contribution in [0.2, 0.25) is 0 Å². The lowest BCUT2D eigenvalue weighted by molar-refractivity contribution is 0.304. The molecule has 0 fully saturated rings. The van der Waals surface area contributed by atoms with E-state index in [4.69, 9.17) is 4.74 Å². The van der Waals surface area contributed by atoms with Gasteiger partial charge in [0.1, 0.15) is 12.4 Å². The fourth-order valence-electron chi connectivity index (χ4n) is 1.86. The first-order chi connectivity index (χ1) is 9.22. The quantitative estimate of drug-likeness (QED) is 0.879. The Hall–Kier alpha value is -1.39. The summed E-state index contributed by atoms with van der Waals surface area (Å²) in [6, 6.07) is 8.30. The van der Waals surface area contributed by atoms with Gasteiger partial charge in [-0.2, -0.15) is 0 Å². The van der Waals surface area contributed by atoms with Crippen LogP contribution in [0.3, 0.4) is 0 Å². The average molecular weight is 276 g/mol. The van der Waals surface area contributed by atoms with Crippen LogP contribution in [-0.4, -0.2) is 12.0 Å². The van der Waals surface area contributed by atoms with Gasteiger partial charge in [0.05, 0.1) is 5.69 Å². The van der Waals surface area contributed by atoms with E-state index in [0.29, 0.717) is 6.61 Å². The van der Waals surface area contributed by atoms with Gasteiger partial charge < -0.3 is 10.1 Å². The van der Waals surface area contributed by atoms with E-state index in [2.05, 4.69) is 29.4 Å². The SMILES string of the molecule is CCc1ccc(COc2ccc(C)nc2CNC)s1. The summed E-state index contributed by atoms with van der Waals surface area (Å²) in [7, 11) is 1.92. The highest BCUT2D eigenvalue weighted by Gasteiger charge is 2.06. The van der Waals surface area contributed by atoms with Crippen LogP contribution in [0.15, 0.2) is 24.3 Å². The molecule has 0 aliphatic carbocycles. The first-order valence-electron chi connectivity index (χ1n) is 6.54. The summed E-state index contributed by atoms with van der Waals surface area (Å²) in [4.78, 5) is 7.17. The van der Waals surface area contributed by atoms with Gasteiger partial charge in [-0.15, -0.1) is 11.3 Å². The molecule has 0 unspecified atom stereocenters. The van der Waals surface area contributed by atoms with Crippen molar-refractivity contribution in [2.24, 2.45) is 0 Å². The lowest BCUT2D eigenvalue weighted by atomic mass is 10.3. The van der Waals surface area contributed by atoms with Gasteiger partial charge in [-0.1, -0.05) is 6.92 Å². The van der Waals surface area contributed by atoms with Crippen molar-refractivity contribution in [3.8, 4) is 5.75 Å². The molecule has 2 aromatic rings. The van der Waals surface area contributed by atoms with Crippen LogP contribution in [0.5, 0.6) is 5.75 Å². The van der Waals surface area contributed by atoms with Crippen molar-refractivity contribution in [3.63, 3.8) is 0 Å². The number of hydrogen-bond donors (Lipinski definition) is 1. The number of rotatable bonds is 6. The third-order valence-electron chi connectivity index (χ3n) is 2.85. The minimum atomic E-state index is 0.617. The molecule has 19 heavy (non-hydrogen) atoms. The summed E-state index contributed by atoms with van der Waals surface area (Å²) in [5.74, 6) is 0.867. The molecule has 4 heteroatoms. The molecule has 0 aliphatic rings. The Morgan fingerprint density at radius 3 is 2.68 bits per heavy atom. The Morgan fingerprint density at radius 1 is 1.21 bits per heavy atom.